The van der Waals surface area contributed by atoms with Crippen LogP contribution in [0.25, 0.3) is 10.8 Å². The second kappa shape index (κ2) is 7.81. The number of nitrogens with one attached hydrogen (secondary N) is 1. The highest BCUT2D eigenvalue weighted by molar-refractivity contribution is 5.95. The third-order valence-electron chi connectivity index (χ3n) is 4.04. The Morgan fingerprint density at radius 2 is 1.76 bits per heavy atom. The van der Waals surface area contributed by atoms with Crippen molar-refractivity contribution in [1.82, 2.24) is 0 Å². The van der Waals surface area contributed by atoms with Crippen LogP contribution in [0.3, 0.4) is 0 Å². The number of ether oxygens (including phenoxy) is 1. The van der Waals surface area contributed by atoms with E-state index in [1.165, 1.54) is 0 Å². The van der Waals surface area contributed by atoms with Crippen molar-refractivity contribution in [3.63, 3.8) is 0 Å². The Kier molecular flexibility index (Phi) is 5.31. The summed E-state index contributed by atoms with van der Waals surface area (Å²) in [6.45, 7) is 1.85. The first-order chi connectivity index (χ1) is 12.2. The van der Waals surface area contributed by atoms with Gasteiger partial charge in [-0.05, 0) is 42.5 Å². The molecule has 0 bridgehead atoms. The summed E-state index contributed by atoms with van der Waals surface area (Å²) in [5.74, 6) is 0.488. The second-order valence-electron chi connectivity index (χ2n) is 5.90. The van der Waals surface area contributed by atoms with E-state index in [9.17, 15) is 4.79 Å². The van der Waals surface area contributed by atoms with Gasteiger partial charge in [0.05, 0.1) is 0 Å². The zero-order valence-electron chi connectivity index (χ0n) is 14.1. The molecule has 3 aromatic carbocycles. The van der Waals surface area contributed by atoms with Crippen LogP contribution in [0, 0.1) is 0 Å². The third-order valence-corrected chi connectivity index (χ3v) is 4.04. The van der Waals surface area contributed by atoms with Gasteiger partial charge < -0.3 is 15.2 Å². The second-order valence-corrected chi connectivity index (χ2v) is 5.90. The predicted octanol–water partition coefficient (Wildman–Crippen LogP) is 3.78. The molecule has 2 N–H and O–H groups in total. The molecule has 25 heavy (non-hydrogen) atoms. The number of aliphatic hydroxyl groups excluding tert-OH is 1. The lowest BCUT2D eigenvalue weighted by molar-refractivity contribution is -0.122. The lowest BCUT2D eigenvalue weighted by Gasteiger charge is -2.16. The molecule has 0 aliphatic rings. The molecule has 4 heteroatoms. The van der Waals surface area contributed by atoms with Crippen LogP contribution < -0.4 is 10.1 Å². The molecule has 0 aliphatic heterocycles. The quantitative estimate of drug-likeness (QED) is 0.721. The molecule has 0 aromatic heterocycles. The third kappa shape index (κ3) is 4.17. The molecule has 0 saturated carbocycles. The first kappa shape index (κ1) is 17.0. The zero-order valence-corrected chi connectivity index (χ0v) is 14.1. The first-order valence-electron chi connectivity index (χ1n) is 8.32. The van der Waals surface area contributed by atoms with E-state index in [2.05, 4.69) is 5.32 Å². The minimum atomic E-state index is -0.622. The standard InChI is InChI=1S/C21H21NO3/c1-15(21(24)22-18-11-9-16(10-12-18)13-14-23)25-20-8-4-6-17-5-2-3-7-19(17)20/h2-12,15,23H,13-14H2,1H3,(H,22,24). The van der Waals surface area contributed by atoms with Gasteiger partial charge in [-0.1, -0.05) is 48.5 Å². The number of carbonyl (C=O) groups is 1. The van der Waals surface area contributed by atoms with Crippen molar-refractivity contribution in [2.45, 2.75) is 19.4 Å². The lowest BCUT2D eigenvalue weighted by Crippen LogP contribution is -2.30. The fraction of sp³-hybridized carbons (Fsp3) is 0.190. The lowest BCUT2D eigenvalue weighted by atomic mass is 10.1. The van der Waals surface area contributed by atoms with Gasteiger partial charge in [0.2, 0.25) is 0 Å². The zero-order chi connectivity index (χ0) is 17.6. The topological polar surface area (TPSA) is 58.6 Å². The summed E-state index contributed by atoms with van der Waals surface area (Å²) < 4.78 is 5.88. The maximum Gasteiger partial charge on any atom is 0.265 e. The van der Waals surface area contributed by atoms with E-state index < -0.39 is 6.10 Å². The van der Waals surface area contributed by atoms with Crippen molar-refractivity contribution in [2.75, 3.05) is 11.9 Å². The number of rotatable bonds is 6. The molecular formula is C21H21NO3. The highest BCUT2D eigenvalue weighted by Gasteiger charge is 2.16. The van der Waals surface area contributed by atoms with E-state index in [4.69, 9.17) is 9.84 Å². The summed E-state index contributed by atoms with van der Waals surface area (Å²) in [4.78, 5) is 12.4. The van der Waals surface area contributed by atoms with Crippen molar-refractivity contribution < 1.29 is 14.6 Å². The van der Waals surface area contributed by atoms with E-state index in [1.54, 1.807) is 6.92 Å². The van der Waals surface area contributed by atoms with Gasteiger partial charge in [-0.25, -0.2) is 0 Å². The molecule has 0 saturated heterocycles. The van der Waals surface area contributed by atoms with E-state index in [0.29, 0.717) is 17.9 Å². The van der Waals surface area contributed by atoms with Gasteiger partial charge in [0, 0.05) is 17.7 Å². The van der Waals surface area contributed by atoms with Gasteiger partial charge in [0.1, 0.15) is 5.75 Å². The Hall–Kier alpha value is -2.85. The van der Waals surface area contributed by atoms with Crippen LogP contribution in [-0.4, -0.2) is 23.7 Å². The van der Waals surface area contributed by atoms with Gasteiger partial charge >= 0.3 is 0 Å². The molecular weight excluding hydrogens is 314 g/mol. The largest absolute Gasteiger partial charge is 0.480 e. The van der Waals surface area contributed by atoms with E-state index >= 15 is 0 Å². The molecule has 3 aromatic rings. The number of aliphatic hydroxyl groups is 1. The van der Waals surface area contributed by atoms with Gasteiger partial charge in [-0.3, -0.25) is 4.79 Å². The predicted molar refractivity (Wildman–Crippen MR) is 99.9 cm³/mol. The Morgan fingerprint density at radius 3 is 2.52 bits per heavy atom. The van der Waals surface area contributed by atoms with Crippen molar-refractivity contribution in [2.24, 2.45) is 0 Å². The molecule has 0 fully saturated rings. The van der Waals surface area contributed by atoms with E-state index in [-0.39, 0.29) is 12.5 Å². The Bertz CT molecular complexity index is 853. The molecule has 0 heterocycles. The van der Waals surface area contributed by atoms with Crippen LogP contribution >= 0.6 is 0 Å². The van der Waals surface area contributed by atoms with Crippen LogP contribution in [0.4, 0.5) is 5.69 Å². The smallest absolute Gasteiger partial charge is 0.265 e. The minimum absolute atomic E-state index is 0.113. The fourth-order valence-electron chi connectivity index (χ4n) is 2.67. The van der Waals surface area contributed by atoms with Crippen LogP contribution in [0.1, 0.15) is 12.5 Å². The van der Waals surface area contributed by atoms with Crippen molar-refractivity contribution >= 4 is 22.4 Å². The molecule has 128 valence electrons. The molecule has 0 radical (unpaired) electrons. The number of fused-ring (bicyclic) bond motifs is 1. The minimum Gasteiger partial charge on any atom is -0.480 e. The summed E-state index contributed by atoms with van der Waals surface area (Å²) in [5, 5.41) is 13.8. The summed E-state index contributed by atoms with van der Waals surface area (Å²) in [5.41, 5.74) is 1.74. The molecule has 4 nitrogen and oxygen atoms in total. The average Bonchev–Trinajstić information content (AvgIpc) is 2.64. The molecule has 0 spiro atoms. The van der Waals surface area contributed by atoms with E-state index in [1.807, 2.05) is 66.7 Å². The Balaban J connectivity index is 1.68. The highest BCUT2D eigenvalue weighted by Crippen LogP contribution is 2.26. The molecule has 1 amide bonds. The SMILES string of the molecule is CC(Oc1cccc2ccccc12)C(=O)Nc1ccc(CCO)cc1. The van der Waals surface area contributed by atoms with Crippen LogP contribution in [-0.2, 0) is 11.2 Å². The van der Waals surface area contributed by atoms with Gasteiger partial charge in [0.25, 0.3) is 5.91 Å². The van der Waals surface area contributed by atoms with Crippen molar-refractivity contribution in [3.8, 4) is 5.75 Å². The number of amides is 1. The molecule has 3 rings (SSSR count). The summed E-state index contributed by atoms with van der Waals surface area (Å²) in [6.07, 6.45) is -0.0163. The Morgan fingerprint density at radius 1 is 1.04 bits per heavy atom. The fourth-order valence-corrected chi connectivity index (χ4v) is 2.67. The van der Waals surface area contributed by atoms with Gasteiger partial charge in [-0.2, -0.15) is 0 Å². The Labute approximate surface area is 147 Å². The number of anilines is 1. The number of hydrogen-bond acceptors (Lipinski definition) is 3. The average molecular weight is 335 g/mol. The molecule has 1 unspecified atom stereocenters. The van der Waals surface area contributed by atoms with Crippen molar-refractivity contribution in [3.05, 3.63) is 72.3 Å². The van der Waals surface area contributed by atoms with E-state index in [0.717, 1.165) is 16.3 Å². The summed E-state index contributed by atoms with van der Waals surface area (Å²) in [7, 11) is 0. The molecule has 1 atom stereocenters. The monoisotopic (exact) mass is 335 g/mol. The maximum atomic E-state index is 12.4. The van der Waals surface area contributed by atoms with Crippen LogP contribution in [0.5, 0.6) is 5.75 Å². The van der Waals surface area contributed by atoms with Gasteiger partial charge in [0.15, 0.2) is 6.10 Å². The maximum absolute atomic E-state index is 12.4. The summed E-state index contributed by atoms with van der Waals surface area (Å²) in [6, 6.07) is 21.2. The van der Waals surface area contributed by atoms with Crippen LogP contribution in [0.2, 0.25) is 0 Å². The van der Waals surface area contributed by atoms with Gasteiger partial charge in [-0.15, -0.1) is 0 Å². The van der Waals surface area contributed by atoms with Crippen LogP contribution in [0.15, 0.2) is 66.7 Å². The normalized spacial score (nSPS) is 11.9. The summed E-state index contributed by atoms with van der Waals surface area (Å²) >= 11 is 0. The van der Waals surface area contributed by atoms with Crippen molar-refractivity contribution in [1.29, 1.82) is 0 Å². The first-order valence-corrected chi connectivity index (χ1v) is 8.32. The number of hydrogen-bond donors (Lipinski definition) is 2. The highest BCUT2D eigenvalue weighted by atomic mass is 16.5. The number of carbonyl (C=O) groups excluding carboxylic acids is 1. The number of benzene rings is 3. The molecule has 0 aliphatic carbocycles.